The summed E-state index contributed by atoms with van der Waals surface area (Å²) in [4.78, 5) is 23.3. The van der Waals surface area contributed by atoms with E-state index in [9.17, 15) is 0 Å². The molecule has 0 spiro atoms. The van der Waals surface area contributed by atoms with Gasteiger partial charge < -0.3 is 29.9 Å². The Morgan fingerprint density at radius 3 is 0.333 bits per heavy atom. The lowest BCUT2D eigenvalue weighted by atomic mass is 9.86. The number of rotatable bonds is 0. The molecule has 0 saturated heterocycles. The van der Waals surface area contributed by atoms with Gasteiger partial charge in [-0.2, -0.15) is 0 Å². The first-order valence-corrected chi connectivity index (χ1v) is 23.9. The highest BCUT2D eigenvalue weighted by atomic mass is 14.7. The number of aromatic nitrogens is 6. The maximum Gasteiger partial charge on any atom is 0.0408 e. The number of nitrogens with one attached hydrogen (secondary N) is 6. The fraction of sp³-hybridized carbons (Fsp3) is 0.400. The van der Waals surface area contributed by atoms with Crippen LogP contribution in [0.2, 0.25) is 0 Å². The lowest BCUT2D eigenvalue weighted by Gasteiger charge is -2.21. The van der Waals surface area contributed by atoms with Gasteiger partial charge in [0.2, 0.25) is 0 Å². The van der Waals surface area contributed by atoms with E-state index in [1.165, 1.54) is 33.4 Å². The van der Waals surface area contributed by atoms with Crippen LogP contribution in [0.25, 0.3) is 66.2 Å². The molecular formula is C60H78N6. The summed E-state index contributed by atoms with van der Waals surface area (Å²) < 4.78 is 0. The predicted molar refractivity (Wildman–Crippen MR) is 289 cm³/mol. The van der Waals surface area contributed by atoms with Crippen LogP contribution in [-0.4, -0.2) is 29.9 Å². The van der Waals surface area contributed by atoms with Gasteiger partial charge in [0.05, 0.1) is 0 Å². The number of H-pyrrole nitrogens is 6. The topological polar surface area (TPSA) is 94.7 Å². The summed E-state index contributed by atoms with van der Waals surface area (Å²) in [5.41, 5.74) is 19.3. The van der Waals surface area contributed by atoms with Crippen molar-refractivity contribution in [2.24, 2.45) is 0 Å². The summed E-state index contributed by atoms with van der Waals surface area (Å²) in [7, 11) is 0. The summed E-state index contributed by atoms with van der Waals surface area (Å²) in [6, 6.07) is 40.9. The van der Waals surface area contributed by atoms with Crippen LogP contribution in [0.5, 0.6) is 0 Å². The Morgan fingerprint density at radius 2 is 0.258 bits per heavy atom. The average molecular weight is 883 g/mol. The SMILES string of the molecule is CC(C)(C)c1cc2cc(c1)[nH]c1cc(C(C)(C)C)cc(c1)[nH]c1cc(C(C)(C)C)cc(c1)[nH]c1cc(C(C)(C)C)cc(c1)[nH]c1cc(C(C)(C)C)cc(c1)[nH]c1cc(C(C)(C)C)cc(c1)[nH]2. The molecule has 0 atom stereocenters. The fourth-order valence-electron chi connectivity index (χ4n) is 8.23. The van der Waals surface area contributed by atoms with Crippen molar-refractivity contribution in [2.45, 2.75) is 157 Å². The first-order valence-electron chi connectivity index (χ1n) is 23.9. The molecule has 0 fully saturated rings. The number of hydrogen-bond acceptors (Lipinski definition) is 0. The predicted octanol–water partition coefficient (Wildman–Crippen LogP) is 17.4. The lowest BCUT2D eigenvalue weighted by molar-refractivity contribution is 0.590. The highest BCUT2D eigenvalue weighted by molar-refractivity contribution is 5.75. The van der Waals surface area contributed by atoms with Crippen LogP contribution < -0.4 is 0 Å². The van der Waals surface area contributed by atoms with Gasteiger partial charge in [-0.15, -0.1) is 0 Å². The second kappa shape index (κ2) is 17.1. The molecule has 0 aliphatic heterocycles. The van der Waals surface area contributed by atoms with E-state index in [-0.39, 0.29) is 32.5 Å². The molecule has 0 unspecified atom stereocenters. The van der Waals surface area contributed by atoms with Crippen LogP contribution in [0.3, 0.4) is 0 Å². The molecule has 0 saturated carbocycles. The summed E-state index contributed by atoms with van der Waals surface area (Å²) in [6.07, 6.45) is 0. The highest BCUT2D eigenvalue weighted by Gasteiger charge is 2.19. The minimum Gasteiger partial charge on any atom is -0.355 e. The van der Waals surface area contributed by atoms with E-state index in [0.29, 0.717) is 0 Å². The third-order valence-electron chi connectivity index (χ3n) is 12.5. The molecule has 12 bridgehead atoms. The third kappa shape index (κ3) is 11.9. The van der Waals surface area contributed by atoms with Crippen molar-refractivity contribution >= 4 is 66.2 Å². The van der Waals surface area contributed by atoms with Crippen LogP contribution >= 0.6 is 0 Å². The van der Waals surface area contributed by atoms with Crippen LogP contribution in [0.4, 0.5) is 0 Å². The van der Waals surface area contributed by atoms with Gasteiger partial charge in [0.1, 0.15) is 0 Å². The first kappa shape index (κ1) is 48.1. The van der Waals surface area contributed by atoms with Gasteiger partial charge in [0.25, 0.3) is 0 Å². The molecule has 0 radical (unpaired) electrons. The minimum absolute atomic E-state index is 0.0844. The van der Waals surface area contributed by atoms with Crippen molar-refractivity contribution < 1.29 is 0 Å². The molecule has 0 amide bonds. The van der Waals surface area contributed by atoms with Crippen LogP contribution in [0.1, 0.15) is 158 Å². The van der Waals surface area contributed by atoms with E-state index in [1.54, 1.807) is 0 Å². The minimum atomic E-state index is -0.0844. The first-order chi connectivity index (χ1) is 30.3. The van der Waals surface area contributed by atoms with E-state index in [0.717, 1.165) is 66.2 Å². The quantitative estimate of drug-likeness (QED) is 0.0875. The summed E-state index contributed by atoms with van der Waals surface area (Å²) >= 11 is 0. The van der Waals surface area contributed by atoms with Crippen molar-refractivity contribution in [1.82, 2.24) is 29.9 Å². The maximum atomic E-state index is 3.88. The van der Waals surface area contributed by atoms with Gasteiger partial charge in [-0.05, 0) is 175 Å². The van der Waals surface area contributed by atoms with Gasteiger partial charge in [-0.1, -0.05) is 125 Å². The lowest BCUT2D eigenvalue weighted by Crippen LogP contribution is -2.11. The van der Waals surface area contributed by atoms with Gasteiger partial charge in [0.15, 0.2) is 0 Å². The van der Waals surface area contributed by atoms with Crippen molar-refractivity contribution in [3.8, 4) is 0 Å². The summed E-state index contributed by atoms with van der Waals surface area (Å²) in [5.74, 6) is 0. The van der Waals surface area contributed by atoms with Gasteiger partial charge in [0, 0.05) is 66.2 Å². The number of fused-ring (bicyclic) bond motifs is 12. The second-order valence-corrected chi connectivity index (χ2v) is 25.0. The standard InChI is InChI=1S/C60H78N6/c1-55(2,3)37-19-43-31-44(20-37)62-46-22-39(57(7,8)9)24-48(33-46)64-50-26-41(59(13,14)15)28-52(35-50)66-54-30-42(60(16,17)18)29-53(36-54)65-51-27-40(58(10,11)12)25-49(34-51)63-47-23-38(56(4,5)6)21-45(32-47)61-43/h19-36,61-66H,1-18H3. The molecule has 1 aromatic heterocycles. The Balaban J connectivity index is 1.73. The van der Waals surface area contributed by atoms with Crippen molar-refractivity contribution in [2.75, 3.05) is 0 Å². The Hall–Kier alpha value is -5.88. The normalized spacial score (nSPS) is 13.0. The average Bonchev–Trinajstić information content (AvgIpc) is 3.15. The maximum absolute atomic E-state index is 3.88. The molecule has 6 nitrogen and oxygen atoms in total. The summed E-state index contributed by atoms with van der Waals surface area (Å²) in [6.45, 7) is 41.1. The molecule has 348 valence electrons. The Morgan fingerprint density at radius 1 is 0.167 bits per heavy atom. The molecule has 0 aliphatic rings. The monoisotopic (exact) mass is 883 g/mol. The number of benzene rings is 6. The van der Waals surface area contributed by atoms with Crippen molar-refractivity contribution in [3.05, 3.63) is 143 Å². The Kier molecular flexibility index (Phi) is 12.4. The fourth-order valence-corrected chi connectivity index (χ4v) is 8.23. The van der Waals surface area contributed by atoms with Gasteiger partial charge in [-0.25, -0.2) is 0 Å². The molecular weight excluding hydrogens is 805 g/mol. The zero-order valence-electron chi connectivity index (χ0n) is 43.4. The Labute approximate surface area is 394 Å². The van der Waals surface area contributed by atoms with E-state index >= 15 is 0 Å². The number of hydrogen-bond donors (Lipinski definition) is 6. The van der Waals surface area contributed by atoms with Crippen molar-refractivity contribution in [3.63, 3.8) is 0 Å². The molecule has 66 heavy (non-hydrogen) atoms. The van der Waals surface area contributed by atoms with E-state index in [4.69, 9.17) is 0 Å². The molecule has 6 heteroatoms. The molecule has 1 heterocycles. The van der Waals surface area contributed by atoms with E-state index in [2.05, 4.69) is 264 Å². The molecule has 7 rings (SSSR count). The summed E-state index contributed by atoms with van der Waals surface area (Å²) in [5, 5.41) is 0. The van der Waals surface area contributed by atoms with Crippen LogP contribution in [0, 0.1) is 0 Å². The van der Waals surface area contributed by atoms with Crippen molar-refractivity contribution in [1.29, 1.82) is 0 Å². The van der Waals surface area contributed by atoms with E-state index in [1.807, 2.05) is 0 Å². The van der Waals surface area contributed by atoms with Gasteiger partial charge >= 0.3 is 0 Å². The third-order valence-corrected chi connectivity index (χ3v) is 12.5. The highest BCUT2D eigenvalue weighted by Crippen LogP contribution is 2.31. The largest absolute Gasteiger partial charge is 0.355 e. The Bertz CT molecular complexity index is 2530. The van der Waals surface area contributed by atoms with E-state index < -0.39 is 0 Å². The zero-order chi connectivity index (χ0) is 48.4. The smallest absolute Gasteiger partial charge is 0.0408 e. The molecule has 6 aromatic carbocycles. The molecule has 7 aromatic rings. The molecule has 6 N–H and O–H groups in total. The van der Waals surface area contributed by atoms with Crippen LogP contribution in [-0.2, 0) is 32.5 Å². The van der Waals surface area contributed by atoms with Crippen LogP contribution in [0.15, 0.2) is 109 Å². The second-order valence-electron chi connectivity index (χ2n) is 25.0. The van der Waals surface area contributed by atoms with Gasteiger partial charge in [-0.3, -0.25) is 0 Å². The zero-order valence-corrected chi connectivity index (χ0v) is 43.4. The number of aromatic amines is 6. The molecule has 0 aliphatic carbocycles.